The van der Waals surface area contributed by atoms with Gasteiger partial charge in [-0.2, -0.15) is 0 Å². The second kappa shape index (κ2) is 11.6. The monoisotopic (exact) mass is 616 g/mol. The molecule has 40 heavy (non-hydrogen) atoms. The lowest BCUT2D eigenvalue weighted by molar-refractivity contribution is -0.116. The van der Waals surface area contributed by atoms with Crippen LogP contribution in [0.25, 0.3) is 16.5 Å². The summed E-state index contributed by atoms with van der Waals surface area (Å²) in [7, 11) is 0. The van der Waals surface area contributed by atoms with Crippen molar-refractivity contribution in [2.75, 3.05) is 6.61 Å². The van der Waals surface area contributed by atoms with Gasteiger partial charge in [0.1, 0.15) is 12.4 Å². The van der Waals surface area contributed by atoms with Crippen LogP contribution in [0.5, 0.6) is 17.4 Å². The lowest BCUT2D eigenvalue weighted by Crippen LogP contribution is -2.18. The van der Waals surface area contributed by atoms with Crippen molar-refractivity contribution in [3.63, 3.8) is 0 Å². The summed E-state index contributed by atoms with van der Waals surface area (Å²) in [6.07, 6.45) is 2.76. The predicted octanol–water partition coefficient (Wildman–Crippen LogP) is 8.07. The summed E-state index contributed by atoms with van der Waals surface area (Å²) in [5.74, 6) is -0.454. The first-order valence-corrected chi connectivity index (χ1v) is 13.5. The average Bonchev–Trinajstić information content (AvgIpc) is 3.77. The highest BCUT2D eigenvalue weighted by Gasteiger charge is 2.34. The number of carboxylic acid groups (broad SMARTS) is 1. The maximum absolute atomic E-state index is 13.1. The third-order valence-corrected chi connectivity index (χ3v) is 7.56. The molecule has 5 rings (SSSR count). The van der Waals surface area contributed by atoms with Crippen LogP contribution in [0.1, 0.15) is 28.8 Å². The minimum atomic E-state index is -1.10. The molecule has 1 saturated carbocycles. The van der Waals surface area contributed by atoms with Crippen LogP contribution in [0, 0.1) is 5.92 Å². The number of carbonyl (C=O) groups is 2. The number of pyridine rings is 1. The summed E-state index contributed by atoms with van der Waals surface area (Å²) in [6.45, 7) is -0.108. The van der Waals surface area contributed by atoms with Gasteiger partial charge in [0.05, 0.1) is 36.9 Å². The molecule has 1 aliphatic rings. The number of nitrogens with zero attached hydrogens (tertiary/aromatic N) is 1. The number of ketones is 1. The SMILES string of the molecule is N/C(=C(/COc1ccc2c(Oc3ccc(C(=O)O)cn3)c(Cl)cc(Cl)c2c1)C(=O)C1CC1)c1c(Cl)cccc1Cl. The molecule has 1 fully saturated rings. The Bertz CT molecular complexity index is 1660. The molecule has 1 aliphatic carbocycles. The third-order valence-electron chi connectivity index (χ3n) is 6.34. The second-order valence-electron chi connectivity index (χ2n) is 9.09. The molecule has 1 heterocycles. The van der Waals surface area contributed by atoms with Crippen molar-refractivity contribution in [3.05, 3.63) is 97.6 Å². The standard InChI is InChI=1S/C29H20Cl4N2O5/c30-20-2-1-3-21(31)25(20)26(34)19(27(36)14-4-5-14)13-39-16-7-8-17-18(10-16)22(32)11-23(33)28(17)40-24-9-6-15(12-35-24)29(37)38/h1-3,6-12,14H,4-5,13,34H2,(H,37,38)/b26-19-. The molecule has 0 radical (unpaired) electrons. The van der Waals surface area contributed by atoms with Crippen LogP contribution in [0.4, 0.5) is 0 Å². The average molecular weight is 618 g/mol. The van der Waals surface area contributed by atoms with Gasteiger partial charge in [0.2, 0.25) is 5.88 Å². The molecule has 0 unspecified atom stereocenters. The highest BCUT2D eigenvalue weighted by Crippen LogP contribution is 2.42. The smallest absolute Gasteiger partial charge is 0.337 e. The number of nitrogens with two attached hydrogens (primary N) is 1. The lowest BCUT2D eigenvalue weighted by atomic mass is 10.0. The zero-order chi connectivity index (χ0) is 28.6. The van der Waals surface area contributed by atoms with Crippen LogP contribution in [-0.4, -0.2) is 28.4 Å². The second-order valence-corrected chi connectivity index (χ2v) is 10.7. The number of aromatic carboxylic acids is 1. The van der Waals surface area contributed by atoms with Gasteiger partial charge >= 0.3 is 5.97 Å². The minimum absolute atomic E-state index is 0.0206. The maximum atomic E-state index is 13.1. The van der Waals surface area contributed by atoms with Gasteiger partial charge in [0, 0.05) is 34.5 Å². The number of hydrogen-bond acceptors (Lipinski definition) is 6. The lowest BCUT2D eigenvalue weighted by Gasteiger charge is -2.16. The number of fused-ring (bicyclic) bond motifs is 1. The van der Waals surface area contributed by atoms with E-state index in [1.807, 2.05) is 0 Å². The van der Waals surface area contributed by atoms with Crippen molar-refractivity contribution in [2.45, 2.75) is 12.8 Å². The molecule has 0 aliphatic heterocycles. The van der Waals surface area contributed by atoms with Crippen LogP contribution in [0.3, 0.4) is 0 Å². The first kappa shape index (κ1) is 28.1. The number of hydrogen-bond donors (Lipinski definition) is 2. The van der Waals surface area contributed by atoms with Gasteiger partial charge in [-0.15, -0.1) is 0 Å². The van der Waals surface area contributed by atoms with E-state index in [-0.39, 0.29) is 46.2 Å². The molecule has 0 saturated heterocycles. The highest BCUT2D eigenvalue weighted by molar-refractivity contribution is 6.40. The first-order chi connectivity index (χ1) is 19.1. The fraction of sp³-hybridized carbons (Fsp3) is 0.138. The molecule has 1 aromatic heterocycles. The minimum Gasteiger partial charge on any atom is -0.489 e. The molecule has 0 atom stereocenters. The van der Waals surface area contributed by atoms with Crippen molar-refractivity contribution in [1.29, 1.82) is 0 Å². The molecule has 4 aromatic rings. The van der Waals surface area contributed by atoms with Gasteiger partial charge in [0.25, 0.3) is 0 Å². The molecule has 204 valence electrons. The van der Waals surface area contributed by atoms with E-state index in [4.69, 9.17) is 66.7 Å². The van der Waals surface area contributed by atoms with E-state index in [1.54, 1.807) is 36.4 Å². The normalized spacial score (nSPS) is 13.6. The fourth-order valence-corrected chi connectivity index (χ4v) is 5.27. The van der Waals surface area contributed by atoms with Crippen molar-refractivity contribution in [1.82, 2.24) is 4.98 Å². The molecule has 0 bridgehead atoms. The summed E-state index contributed by atoms with van der Waals surface area (Å²) in [6, 6.07) is 14.4. The molecule has 3 aromatic carbocycles. The van der Waals surface area contributed by atoms with E-state index in [2.05, 4.69) is 4.98 Å². The Morgan fingerprint density at radius 3 is 2.27 bits per heavy atom. The van der Waals surface area contributed by atoms with Crippen LogP contribution in [0.15, 0.2) is 66.4 Å². The van der Waals surface area contributed by atoms with Gasteiger partial charge in [-0.05, 0) is 55.3 Å². The number of ether oxygens (including phenoxy) is 2. The summed E-state index contributed by atoms with van der Waals surface area (Å²) in [5.41, 5.74) is 7.32. The van der Waals surface area contributed by atoms with Crippen LogP contribution in [0.2, 0.25) is 20.1 Å². The van der Waals surface area contributed by atoms with E-state index in [1.165, 1.54) is 24.4 Å². The van der Waals surface area contributed by atoms with Crippen molar-refractivity contribution < 1.29 is 24.2 Å². The van der Waals surface area contributed by atoms with E-state index in [0.29, 0.717) is 42.7 Å². The van der Waals surface area contributed by atoms with Crippen molar-refractivity contribution >= 4 is 74.6 Å². The Kier molecular flexibility index (Phi) is 8.10. The van der Waals surface area contributed by atoms with Crippen LogP contribution >= 0.6 is 46.4 Å². The number of halogens is 4. The van der Waals surface area contributed by atoms with Gasteiger partial charge in [-0.1, -0.05) is 52.5 Å². The Morgan fingerprint density at radius 1 is 0.925 bits per heavy atom. The zero-order valence-corrected chi connectivity index (χ0v) is 23.6. The van der Waals surface area contributed by atoms with Gasteiger partial charge < -0.3 is 20.3 Å². The van der Waals surface area contributed by atoms with E-state index >= 15 is 0 Å². The molecular weight excluding hydrogens is 598 g/mol. The highest BCUT2D eigenvalue weighted by atomic mass is 35.5. The molecule has 7 nitrogen and oxygen atoms in total. The number of Topliss-reactive ketones (excluding diaryl/α,β-unsaturated/α-hetero) is 1. The van der Waals surface area contributed by atoms with Crippen molar-refractivity contribution in [3.8, 4) is 17.4 Å². The molecular formula is C29H20Cl4N2O5. The quantitative estimate of drug-likeness (QED) is 0.183. The molecule has 0 spiro atoms. The molecule has 0 amide bonds. The summed E-state index contributed by atoms with van der Waals surface area (Å²) < 4.78 is 11.9. The zero-order valence-electron chi connectivity index (χ0n) is 20.6. The topological polar surface area (TPSA) is 112 Å². The number of carboxylic acids is 1. The summed E-state index contributed by atoms with van der Waals surface area (Å²) in [4.78, 5) is 28.3. The Morgan fingerprint density at radius 2 is 1.65 bits per heavy atom. The first-order valence-electron chi connectivity index (χ1n) is 12.0. The van der Waals surface area contributed by atoms with E-state index in [0.717, 1.165) is 12.8 Å². The maximum Gasteiger partial charge on any atom is 0.337 e. The van der Waals surface area contributed by atoms with Crippen LogP contribution < -0.4 is 15.2 Å². The number of rotatable bonds is 9. The van der Waals surface area contributed by atoms with Crippen molar-refractivity contribution in [2.24, 2.45) is 11.7 Å². The summed E-state index contributed by atoms with van der Waals surface area (Å²) >= 11 is 25.6. The third kappa shape index (κ3) is 5.83. The largest absolute Gasteiger partial charge is 0.489 e. The van der Waals surface area contributed by atoms with Crippen LogP contribution in [-0.2, 0) is 4.79 Å². The van der Waals surface area contributed by atoms with Gasteiger partial charge in [-0.3, -0.25) is 4.79 Å². The Hall–Kier alpha value is -3.49. The van der Waals surface area contributed by atoms with E-state index in [9.17, 15) is 9.59 Å². The predicted molar refractivity (Wildman–Crippen MR) is 156 cm³/mol. The fourth-order valence-electron chi connectivity index (χ4n) is 4.10. The Balaban J connectivity index is 1.46. The van der Waals surface area contributed by atoms with Gasteiger partial charge in [-0.25, -0.2) is 9.78 Å². The molecule has 3 N–H and O–H groups in total. The number of benzene rings is 3. The van der Waals surface area contributed by atoms with Gasteiger partial charge in [0.15, 0.2) is 11.5 Å². The molecule has 11 heteroatoms. The summed E-state index contributed by atoms with van der Waals surface area (Å²) in [5, 5.41) is 11.5. The Labute approximate surface area is 249 Å². The number of carbonyl (C=O) groups excluding carboxylic acids is 1. The number of aromatic nitrogens is 1. The van der Waals surface area contributed by atoms with E-state index < -0.39 is 5.97 Å².